The van der Waals surface area contributed by atoms with Gasteiger partial charge < -0.3 is 15.4 Å². The van der Waals surface area contributed by atoms with Crippen molar-refractivity contribution in [2.75, 3.05) is 6.61 Å². The molecule has 0 radical (unpaired) electrons. The van der Waals surface area contributed by atoms with E-state index in [4.69, 9.17) is 16.3 Å². The Hall–Kier alpha value is -2.60. The summed E-state index contributed by atoms with van der Waals surface area (Å²) in [5, 5.41) is 6.16. The van der Waals surface area contributed by atoms with Gasteiger partial charge >= 0.3 is 0 Å². The van der Waals surface area contributed by atoms with Crippen molar-refractivity contribution in [3.8, 4) is 5.75 Å². The van der Waals surface area contributed by atoms with Gasteiger partial charge in [-0.15, -0.1) is 0 Å². The van der Waals surface area contributed by atoms with Crippen LogP contribution in [0, 0.1) is 11.7 Å². The second-order valence-corrected chi connectivity index (χ2v) is 8.60. The fourth-order valence-corrected chi connectivity index (χ4v) is 4.61. The summed E-state index contributed by atoms with van der Waals surface area (Å²) in [7, 11) is 0. The molecule has 0 heterocycles. The van der Waals surface area contributed by atoms with Crippen LogP contribution in [0.5, 0.6) is 5.75 Å². The summed E-state index contributed by atoms with van der Waals surface area (Å²) in [4.78, 5) is 24.9. The molecule has 3 fully saturated rings. The van der Waals surface area contributed by atoms with Gasteiger partial charge in [-0.25, -0.2) is 4.39 Å². The fourth-order valence-electron chi connectivity index (χ4n) is 4.50. The van der Waals surface area contributed by atoms with Crippen LogP contribution >= 0.6 is 11.6 Å². The topological polar surface area (TPSA) is 67.4 Å². The van der Waals surface area contributed by atoms with Crippen LogP contribution in [0.15, 0.2) is 42.5 Å². The Kier molecular flexibility index (Phi) is 5.69. The highest BCUT2D eigenvalue weighted by molar-refractivity contribution is 6.30. The fraction of sp³-hybridized carbons (Fsp3) is 0.391. The van der Waals surface area contributed by atoms with Crippen molar-refractivity contribution in [1.29, 1.82) is 0 Å². The van der Waals surface area contributed by atoms with Crippen LogP contribution in [0.1, 0.15) is 42.1 Å². The molecule has 5 nitrogen and oxygen atoms in total. The molecule has 30 heavy (non-hydrogen) atoms. The maximum Gasteiger partial charge on any atom is 0.258 e. The predicted octanol–water partition coefficient (Wildman–Crippen LogP) is 3.89. The second-order valence-electron chi connectivity index (χ2n) is 8.20. The number of amides is 2. The zero-order valence-electron chi connectivity index (χ0n) is 16.7. The molecule has 0 spiro atoms. The number of halogens is 2. The molecule has 0 aliphatic heterocycles. The Morgan fingerprint density at radius 1 is 1.17 bits per heavy atom. The van der Waals surface area contributed by atoms with Crippen molar-refractivity contribution in [3.63, 3.8) is 0 Å². The van der Waals surface area contributed by atoms with Gasteiger partial charge in [-0.2, -0.15) is 0 Å². The highest BCUT2D eigenvalue weighted by Crippen LogP contribution is 2.52. The summed E-state index contributed by atoms with van der Waals surface area (Å²) >= 11 is 5.64. The molecule has 2 N–H and O–H groups in total. The number of nitrogens with one attached hydrogen (secondary N) is 2. The summed E-state index contributed by atoms with van der Waals surface area (Å²) in [5.74, 6) is -0.304. The van der Waals surface area contributed by atoms with Crippen LogP contribution in [0.4, 0.5) is 4.39 Å². The van der Waals surface area contributed by atoms with Gasteiger partial charge in [0.2, 0.25) is 0 Å². The minimum absolute atomic E-state index is 0.00607. The molecule has 0 aromatic heterocycles. The summed E-state index contributed by atoms with van der Waals surface area (Å²) in [6.45, 7) is 1.88. The van der Waals surface area contributed by atoms with Gasteiger partial charge in [0.25, 0.3) is 11.8 Å². The molecule has 7 heteroatoms. The maximum absolute atomic E-state index is 13.5. The molecule has 1 unspecified atom stereocenters. The highest BCUT2D eigenvalue weighted by atomic mass is 35.5. The van der Waals surface area contributed by atoms with E-state index in [1.54, 1.807) is 0 Å². The molecule has 5 rings (SSSR count). The lowest BCUT2D eigenvalue weighted by atomic mass is 9.76. The maximum atomic E-state index is 13.5. The lowest BCUT2D eigenvalue weighted by Gasteiger charge is -2.39. The van der Waals surface area contributed by atoms with Gasteiger partial charge in [-0.3, -0.25) is 9.59 Å². The van der Waals surface area contributed by atoms with Crippen LogP contribution in [0.3, 0.4) is 0 Å². The van der Waals surface area contributed by atoms with Crippen molar-refractivity contribution in [1.82, 2.24) is 10.6 Å². The number of carbonyl (C=O) groups excluding carboxylic acids is 2. The van der Waals surface area contributed by atoms with Gasteiger partial charge in [0, 0.05) is 23.2 Å². The predicted molar refractivity (Wildman–Crippen MR) is 112 cm³/mol. The molecule has 3 saturated carbocycles. The lowest BCUT2D eigenvalue weighted by Crippen LogP contribution is -2.53. The van der Waals surface area contributed by atoms with Crippen LogP contribution in [0.2, 0.25) is 5.02 Å². The Labute approximate surface area is 179 Å². The van der Waals surface area contributed by atoms with Crippen molar-refractivity contribution in [2.24, 2.45) is 5.92 Å². The van der Waals surface area contributed by atoms with Gasteiger partial charge in [-0.1, -0.05) is 30.7 Å². The van der Waals surface area contributed by atoms with E-state index in [1.807, 2.05) is 24.3 Å². The van der Waals surface area contributed by atoms with E-state index in [2.05, 4.69) is 17.6 Å². The van der Waals surface area contributed by atoms with Crippen LogP contribution in [0.25, 0.3) is 0 Å². The average Bonchev–Trinajstić information content (AvgIpc) is 3.22. The van der Waals surface area contributed by atoms with Gasteiger partial charge in [0.05, 0.1) is 5.02 Å². The molecule has 2 aromatic rings. The van der Waals surface area contributed by atoms with Crippen molar-refractivity contribution in [3.05, 3.63) is 64.4 Å². The van der Waals surface area contributed by atoms with Gasteiger partial charge in [-0.05, 0) is 61.4 Å². The third-order valence-electron chi connectivity index (χ3n) is 6.09. The number of ether oxygens (including phenoxy) is 1. The molecule has 2 bridgehead atoms. The number of hydrogen-bond acceptors (Lipinski definition) is 3. The van der Waals surface area contributed by atoms with E-state index in [0.29, 0.717) is 17.9 Å². The van der Waals surface area contributed by atoms with E-state index >= 15 is 0 Å². The molecule has 3 aliphatic rings. The van der Waals surface area contributed by atoms with E-state index in [0.717, 1.165) is 25.3 Å². The first kappa shape index (κ1) is 20.7. The smallest absolute Gasteiger partial charge is 0.258 e. The Bertz CT molecular complexity index is 957. The Balaban J connectivity index is 1.27. The lowest BCUT2D eigenvalue weighted by molar-refractivity contribution is -0.125. The van der Waals surface area contributed by atoms with Crippen molar-refractivity contribution in [2.45, 2.75) is 44.2 Å². The van der Waals surface area contributed by atoms with E-state index < -0.39 is 5.82 Å². The average molecular weight is 431 g/mol. The Morgan fingerprint density at radius 2 is 1.90 bits per heavy atom. The minimum Gasteiger partial charge on any atom is -0.484 e. The normalized spacial score (nSPS) is 24.1. The molecular formula is C23H24ClFN2O3. The van der Waals surface area contributed by atoms with E-state index in [-0.39, 0.29) is 40.8 Å². The SMILES string of the molecule is CCc1ccc(C(=O)NC2CC3(NC(=O)COc4ccc(Cl)c(F)c4)CC2C3)cc1. The monoisotopic (exact) mass is 430 g/mol. The summed E-state index contributed by atoms with van der Waals surface area (Å²) in [6, 6.07) is 11.8. The number of aryl methyl sites for hydroxylation is 1. The van der Waals surface area contributed by atoms with Crippen LogP contribution in [-0.4, -0.2) is 30.0 Å². The number of benzene rings is 2. The first-order chi connectivity index (χ1) is 14.4. The molecule has 158 valence electrons. The van der Waals surface area contributed by atoms with Crippen LogP contribution in [-0.2, 0) is 11.2 Å². The molecular weight excluding hydrogens is 407 g/mol. The van der Waals surface area contributed by atoms with E-state index in [1.165, 1.54) is 17.7 Å². The quantitative estimate of drug-likeness (QED) is 0.700. The standard InChI is InChI=1S/C23H24ClFN2O3/c1-2-14-3-5-15(6-4-14)22(29)26-20-12-23(10-16(20)11-23)27-21(28)13-30-17-7-8-18(24)19(25)9-17/h3-9,16,20H,2,10-13H2,1H3,(H,26,29)(H,27,28). The second kappa shape index (κ2) is 8.26. The van der Waals surface area contributed by atoms with E-state index in [9.17, 15) is 14.0 Å². The molecule has 0 saturated heterocycles. The summed E-state index contributed by atoms with van der Waals surface area (Å²) in [6.07, 6.45) is 3.32. The molecule has 2 amide bonds. The number of carbonyl (C=O) groups is 2. The Morgan fingerprint density at radius 3 is 2.57 bits per heavy atom. The van der Waals surface area contributed by atoms with Gasteiger partial charge in [0.15, 0.2) is 6.61 Å². The molecule has 2 aromatic carbocycles. The zero-order chi connectivity index (χ0) is 21.3. The largest absolute Gasteiger partial charge is 0.484 e. The third kappa shape index (κ3) is 4.29. The van der Waals surface area contributed by atoms with Gasteiger partial charge in [0.1, 0.15) is 11.6 Å². The van der Waals surface area contributed by atoms with Crippen LogP contribution < -0.4 is 15.4 Å². The molecule has 3 aliphatic carbocycles. The molecule has 1 atom stereocenters. The third-order valence-corrected chi connectivity index (χ3v) is 6.40. The first-order valence-corrected chi connectivity index (χ1v) is 10.5. The number of rotatable bonds is 7. The zero-order valence-corrected chi connectivity index (χ0v) is 17.5. The van der Waals surface area contributed by atoms with Crippen molar-refractivity contribution < 1.29 is 18.7 Å². The first-order valence-electron chi connectivity index (χ1n) is 10.2. The number of hydrogen-bond donors (Lipinski definition) is 2. The summed E-state index contributed by atoms with van der Waals surface area (Å²) in [5.41, 5.74) is 1.55. The minimum atomic E-state index is -0.589. The van der Waals surface area contributed by atoms with Crippen molar-refractivity contribution >= 4 is 23.4 Å². The summed E-state index contributed by atoms with van der Waals surface area (Å²) < 4.78 is 18.8. The number of fused-ring (bicyclic) bond motifs is 1. The highest BCUT2D eigenvalue weighted by Gasteiger charge is 2.57.